The van der Waals surface area contributed by atoms with Gasteiger partial charge in [0.1, 0.15) is 0 Å². The Hall–Kier alpha value is -2.11. The van der Waals surface area contributed by atoms with Crippen molar-refractivity contribution >= 4 is 17.7 Å². The van der Waals surface area contributed by atoms with Gasteiger partial charge in [-0.25, -0.2) is 4.79 Å². The summed E-state index contributed by atoms with van der Waals surface area (Å²) in [6.07, 6.45) is 4.63. The van der Waals surface area contributed by atoms with Crippen molar-refractivity contribution in [1.82, 2.24) is 9.88 Å². The molecule has 6 nitrogen and oxygen atoms in total. The van der Waals surface area contributed by atoms with Crippen molar-refractivity contribution < 1.29 is 14.7 Å². The number of nitrogens with zero attached hydrogens (tertiary/aromatic N) is 2. The predicted octanol–water partition coefficient (Wildman–Crippen LogP) is 1.72. The molecule has 1 saturated heterocycles. The Morgan fingerprint density at radius 2 is 2.26 bits per heavy atom. The first-order valence-corrected chi connectivity index (χ1v) is 6.26. The molecule has 1 fully saturated rings. The number of aromatic nitrogens is 1. The van der Waals surface area contributed by atoms with E-state index in [1.54, 1.807) is 17.3 Å². The summed E-state index contributed by atoms with van der Waals surface area (Å²) in [6.45, 7) is 2.75. The summed E-state index contributed by atoms with van der Waals surface area (Å²) in [4.78, 5) is 28.5. The highest BCUT2D eigenvalue weighted by Crippen LogP contribution is 2.18. The summed E-state index contributed by atoms with van der Waals surface area (Å²) in [5.74, 6) is -1.30. The molecule has 2 heterocycles. The number of carboxylic acid groups (broad SMARTS) is 1. The van der Waals surface area contributed by atoms with Crippen molar-refractivity contribution in [2.75, 3.05) is 18.4 Å². The van der Waals surface area contributed by atoms with Crippen molar-refractivity contribution in [1.29, 1.82) is 0 Å². The first-order chi connectivity index (χ1) is 9.06. The van der Waals surface area contributed by atoms with E-state index in [-0.39, 0.29) is 12.6 Å². The molecule has 2 N–H and O–H groups in total. The fraction of sp³-hybridized carbons (Fsp3) is 0.462. The van der Waals surface area contributed by atoms with Crippen LogP contribution in [0.5, 0.6) is 0 Å². The third-order valence-electron chi connectivity index (χ3n) is 3.18. The lowest BCUT2D eigenvalue weighted by molar-refractivity contribution is -0.143. The average Bonchev–Trinajstić information content (AvgIpc) is 2.39. The standard InChI is InChI=1S/C13H17N3O3/c1-9-5-11(7-14-6-9)15-13(19)16-4-2-3-10(8-16)12(17)18/h5-7,10H,2-4,8H2,1H3,(H,15,19)(H,17,18)/t10-/m1/s1. The average molecular weight is 263 g/mol. The molecule has 0 bridgehead atoms. The second-order valence-corrected chi connectivity index (χ2v) is 4.80. The van der Waals surface area contributed by atoms with Gasteiger partial charge in [0.25, 0.3) is 0 Å². The second-order valence-electron chi connectivity index (χ2n) is 4.80. The number of anilines is 1. The van der Waals surface area contributed by atoms with Gasteiger partial charge in [0.2, 0.25) is 0 Å². The van der Waals surface area contributed by atoms with Gasteiger partial charge in [-0.1, -0.05) is 0 Å². The highest BCUT2D eigenvalue weighted by molar-refractivity contribution is 5.89. The maximum absolute atomic E-state index is 12.0. The highest BCUT2D eigenvalue weighted by Gasteiger charge is 2.28. The number of hydrogen-bond donors (Lipinski definition) is 2. The summed E-state index contributed by atoms with van der Waals surface area (Å²) in [7, 11) is 0. The number of carbonyl (C=O) groups excluding carboxylic acids is 1. The molecule has 0 unspecified atom stereocenters. The molecule has 1 aliphatic heterocycles. The van der Waals surface area contributed by atoms with Crippen molar-refractivity contribution in [3.63, 3.8) is 0 Å². The number of pyridine rings is 1. The van der Waals surface area contributed by atoms with Gasteiger partial charge in [-0.2, -0.15) is 0 Å². The van der Waals surface area contributed by atoms with Gasteiger partial charge in [0, 0.05) is 19.3 Å². The molecule has 0 spiro atoms. The Morgan fingerprint density at radius 1 is 1.47 bits per heavy atom. The van der Waals surface area contributed by atoms with Gasteiger partial charge < -0.3 is 15.3 Å². The molecular weight excluding hydrogens is 246 g/mol. The number of aryl methyl sites for hydroxylation is 1. The normalized spacial score (nSPS) is 19.0. The second kappa shape index (κ2) is 5.69. The van der Waals surface area contributed by atoms with Crippen molar-refractivity contribution in [2.24, 2.45) is 5.92 Å². The van der Waals surface area contributed by atoms with E-state index in [2.05, 4.69) is 10.3 Å². The van der Waals surface area contributed by atoms with Gasteiger partial charge in [0.15, 0.2) is 0 Å². The topological polar surface area (TPSA) is 82.5 Å². The van der Waals surface area contributed by atoms with E-state index in [4.69, 9.17) is 5.11 Å². The van der Waals surface area contributed by atoms with Crippen LogP contribution in [0, 0.1) is 12.8 Å². The molecule has 1 aromatic heterocycles. The molecule has 102 valence electrons. The van der Waals surface area contributed by atoms with Crippen molar-refractivity contribution in [3.8, 4) is 0 Å². The van der Waals surface area contributed by atoms with E-state index in [0.717, 1.165) is 12.0 Å². The third kappa shape index (κ3) is 3.43. The van der Waals surface area contributed by atoms with Crippen LogP contribution >= 0.6 is 0 Å². The number of amides is 2. The zero-order chi connectivity index (χ0) is 13.8. The van der Waals surface area contributed by atoms with Crippen LogP contribution in [-0.2, 0) is 4.79 Å². The summed E-state index contributed by atoms with van der Waals surface area (Å²) in [5.41, 5.74) is 1.59. The molecule has 0 radical (unpaired) electrons. The number of piperidine rings is 1. The predicted molar refractivity (Wildman–Crippen MR) is 69.9 cm³/mol. The number of urea groups is 1. The van der Waals surface area contributed by atoms with Crippen LogP contribution in [0.3, 0.4) is 0 Å². The molecule has 0 saturated carbocycles. The summed E-state index contributed by atoms with van der Waals surface area (Å²) in [6, 6.07) is 1.56. The number of rotatable bonds is 2. The molecule has 0 aliphatic carbocycles. The lowest BCUT2D eigenvalue weighted by Gasteiger charge is -2.30. The fourth-order valence-electron chi connectivity index (χ4n) is 2.19. The van der Waals surface area contributed by atoms with Gasteiger partial charge in [-0.15, -0.1) is 0 Å². The first kappa shape index (κ1) is 13.3. The van der Waals surface area contributed by atoms with E-state index in [0.29, 0.717) is 18.7 Å². The zero-order valence-electron chi connectivity index (χ0n) is 10.8. The lowest BCUT2D eigenvalue weighted by atomic mass is 9.99. The van der Waals surface area contributed by atoms with Crippen LogP contribution in [0.1, 0.15) is 18.4 Å². The number of hydrogen-bond acceptors (Lipinski definition) is 3. The first-order valence-electron chi connectivity index (χ1n) is 6.26. The molecule has 6 heteroatoms. The molecule has 1 aromatic rings. The van der Waals surface area contributed by atoms with E-state index >= 15 is 0 Å². The molecule has 0 aromatic carbocycles. The highest BCUT2D eigenvalue weighted by atomic mass is 16.4. The molecule has 2 rings (SSSR count). The quantitative estimate of drug-likeness (QED) is 0.851. The Kier molecular flexibility index (Phi) is 3.99. The number of likely N-dealkylation sites (tertiary alicyclic amines) is 1. The van der Waals surface area contributed by atoms with Gasteiger partial charge >= 0.3 is 12.0 Å². The Labute approximate surface area is 111 Å². The monoisotopic (exact) mass is 263 g/mol. The number of aliphatic carboxylic acids is 1. The zero-order valence-corrected chi connectivity index (χ0v) is 10.8. The maximum Gasteiger partial charge on any atom is 0.321 e. The number of carbonyl (C=O) groups is 2. The summed E-state index contributed by atoms with van der Waals surface area (Å²) >= 11 is 0. The molecular formula is C13H17N3O3. The van der Waals surface area contributed by atoms with Gasteiger partial charge in [-0.05, 0) is 31.4 Å². The van der Waals surface area contributed by atoms with Crippen LogP contribution in [0.25, 0.3) is 0 Å². The van der Waals surface area contributed by atoms with E-state index in [9.17, 15) is 9.59 Å². The summed E-state index contributed by atoms with van der Waals surface area (Å²) in [5, 5.41) is 11.7. The summed E-state index contributed by atoms with van der Waals surface area (Å²) < 4.78 is 0. The van der Waals surface area contributed by atoms with Crippen molar-refractivity contribution in [2.45, 2.75) is 19.8 Å². The van der Waals surface area contributed by atoms with Crippen LogP contribution in [0.4, 0.5) is 10.5 Å². The van der Waals surface area contributed by atoms with E-state index in [1.165, 1.54) is 0 Å². The third-order valence-corrected chi connectivity index (χ3v) is 3.18. The minimum absolute atomic E-state index is 0.264. The molecule has 1 atom stereocenters. The van der Waals surface area contributed by atoms with Gasteiger partial charge in [-0.3, -0.25) is 9.78 Å². The Balaban J connectivity index is 1.98. The van der Waals surface area contributed by atoms with Crippen LogP contribution in [-0.4, -0.2) is 40.1 Å². The maximum atomic E-state index is 12.0. The largest absolute Gasteiger partial charge is 0.481 e. The van der Waals surface area contributed by atoms with E-state index < -0.39 is 11.9 Å². The van der Waals surface area contributed by atoms with E-state index in [1.807, 2.05) is 13.0 Å². The Morgan fingerprint density at radius 3 is 2.95 bits per heavy atom. The fourth-order valence-corrected chi connectivity index (χ4v) is 2.19. The number of nitrogens with one attached hydrogen (secondary N) is 1. The molecule has 19 heavy (non-hydrogen) atoms. The number of carboxylic acids is 1. The minimum atomic E-state index is -0.838. The lowest BCUT2D eigenvalue weighted by Crippen LogP contribution is -2.44. The van der Waals surface area contributed by atoms with Crippen LogP contribution < -0.4 is 5.32 Å². The van der Waals surface area contributed by atoms with Crippen LogP contribution in [0.15, 0.2) is 18.5 Å². The molecule has 1 aliphatic rings. The van der Waals surface area contributed by atoms with Crippen molar-refractivity contribution in [3.05, 3.63) is 24.0 Å². The van der Waals surface area contributed by atoms with Crippen LogP contribution in [0.2, 0.25) is 0 Å². The molecule has 2 amide bonds. The van der Waals surface area contributed by atoms with Gasteiger partial charge in [0.05, 0.1) is 17.8 Å². The SMILES string of the molecule is Cc1cncc(NC(=O)N2CCC[C@@H](C(=O)O)C2)c1. The minimum Gasteiger partial charge on any atom is -0.481 e. The Bertz CT molecular complexity index is 490. The smallest absolute Gasteiger partial charge is 0.321 e.